The monoisotopic (exact) mass is 385 g/mol. The number of amides is 2. The Balaban J connectivity index is 1.86. The number of allylic oxidation sites excluding steroid dienone is 1. The highest BCUT2D eigenvalue weighted by atomic mass is 16.3. The van der Waals surface area contributed by atoms with Crippen molar-refractivity contribution in [3.63, 3.8) is 0 Å². The summed E-state index contributed by atoms with van der Waals surface area (Å²) in [6.45, 7) is 4.31. The van der Waals surface area contributed by atoms with Crippen molar-refractivity contribution < 1.29 is 14.7 Å². The molecule has 3 heterocycles. The zero-order valence-corrected chi connectivity index (χ0v) is 16.3. The summed E-state index contributed by atoms with van der Waals surface area (Å²) in [5, 5.41) is 13.0. The topological polar surface area (TPSA) is 91.6 Å². The van der Waals surface area contributed by atoms with Crippen molar-refractivity contribution in [1.82, 2.24) is 14.8 Å². The summed E-state index contributed by atoms with van der Waals surface area (Å²) in [5.41, 5.74) is 1.16. The van der Waals surface area contributed by atoms with Gasteiger partial charge >= 0.3 is 0 Å². The average Bonchev–Trinajstić information content (AvgIpc) is 3.49. The van der Waals surface area contributed by atoms with E-state index in [2.05, 4.69) is 5.32 Å². The third-order valence-electron chi connectivity index (χ3n) is 6.25. The summed E-state index contributed by atoms with van der Waals surface area (Å²) in [6.07, 6.45) is 5.33. The van der Waals surface area contributed by atoms with E-state index in [4.69, 9.17) is 0 Å². The number of fused-ring (bicyclic) bond motifs is 4. The summed E-state index contributed by atoms with van der Waals surface area (Å²) in [6, 6.07) is 2.76. The quantitative estimate of drug-likeness (QED) is 0.788. The maximum Gasteiger partial charge on any atom is 0.258 e. The van der Waals surface area contributed by atoms with Crippen LogP contribution in [0.3, 0.4) is 0 Å². The summed E-state index contributed by atoms with van der Waals surface area (Å²) >= 11 is 0. The Kier molecular flexibility index (Phi) is 4.87. The molecule has 1 aromatic rings. The molecule has 1 saturated carbocycles. The summed E-state index contributed by atoms with van der Waals surface area (Å²) in [5.74, 6) is -1.04. The van der Waals surface area contributed by atoms with E-state index in [0.717, 1.165) is 12.8 Å². The van der Waals surface area contributed by atoms with Crippen LogP contribution in [0.25, 0.3) is 6.08 Å². The lowest BCUT2D eigenvalue weighted by Crippen LogP contribution is -2.49. The fraction of sp³-hybridized carbons (Fsp3) is 0.571. The number of hydrogen-bond acceptors (Lipinski definition) is 4. The number of carbonyl (C=O) groups excluding carboxylic acids is 2. The predicted molar refractivity (Wildman–Crippen MR) is 104 cm³/mol. The van der Waals surface area contributed by atoms with Gasteiger partial charge in [0.15, 0.2) is 0 Å². The average molecular weight is 385 g/mol. The van der Waals surface area contributed by atoms with E-state index in [9.17, 15) is 19.5 Å². The molecule has 0 spiro atoms. The SMILES string of the molecule is C/C=C/c1ccc2n(c1=O)C[C@@H]1[C@@H](CO)[C@H](C(=O)NCC)[C@H]2N1C(=O)C1CC1. The van der Waals surface area contributed by atoms with Gasteiger partial charge in [0, 0.05) is 42.8 Å². The van der Waals surface area contributed by atoms with Gasteiger partial charge in [-0.25, -0.2) is 0 Å². The minimum Gasteiger partial charge on any atom is -0.396 e. The smallest absolute Gasteiger partial charge is 0.258 e. The molecule has 0 radical (unpaired) electrons. The van der Waals surface area contributed by atoms with E-state index in [1.165, 1.54) is 0 Å². The zero-order chi connectivity index (χ0) is 20.0. The number of carbonyl (C=O) groups is 2. The first kappa shape index (κ1) is 18.9. The number of hydrogen-bond donors (Lipinski definition) is 2. The second kappa shape index (κ2) is 7.20. The Labute approximate surface area is 164 Å². The number of aromatic nitrogens is 1. The first-order valence-corrected chi connectivity index (χ1v) is 10.1. The summed E-state index contributed by atoms with van der Waals surface area (Å²) in [4.78, 5) is 40.8. The number of aliphatic hydroxyl groups excluding tert-OH is 1. The lowest BCUT2D eigenvalue weighted by Gasteiger charge is -2.38. The third kappa shape index (κ3) is 2.80. The summed E-state index contributed by atoms with van der Waals surface area (Å²) in [7, 11) is 0. The molecule has 2 bridgehead atoms. The number of pyridine rings is 1. The van der Waals surface area contributed by atoms with E-state index in [-0.39, 0.29) is 41.9 Å². The lowest BCUT2D eigenvalue weighted by molar-refractivity contribution is -0.138. The van der Waals surface area contributed by atoms with Gasteiger partial charge in [-0.1, -0.05) is 12.2 Å². The molecule has 28 heavy (non-hydrogen) atoms. The van der Waals surface area contributed by atoms with Gasteiger partial charge in [-0.2, -0.15) is 0 Å². The Morgan fingerprint density at radius 1 is 1.32 bits per heavy atom. The van der Waals surface area contributed by atoms with E-state index < -0.39 is 12.0 Å². The van der Waals surface area contributed by atoms with Gasteiger partial charge in [-0.3, -0.25) is 14.4 Å². The van der Waals surface area contributed by atoms with Crippen LogP contribution >= 0.6 is 0 Å². The normalized spacial score (nSPS) is 28.5. The van der Waals surface area contributed by atoms with Gasteiger partial charge < -0.3 is 19.9 Å². The van der Waals surface area contributed by atoms with Gasteiger partial charge in [0.1, 0.15) is 0 Å². The van der Waals surface area contributed by atoms with Crippen molar-refractivity contribution in [2.45, 2.75) is 45.3 Å². The van der Waals surface area contributed by atoms with Crippen LogP contribution < -0.4 is 10.9 Å². The summed E-state index contributed by atoms with van der Waals surface area (Å²) < 4.78 is 1.70. The highest BCUT2D eigenvalue weighted by molar-refractivity contribution is 5.86. The minimum atomic E-state index is -0.557. The maximum absolute atomic E-state index is 13.1. The number of nitrogens with one attached hydrogen (secondary N) is 1. The van der Waals surface area contributed by atoms with Crippen LogP contribution in [0.5, 0.6) is 0 Å². The van der Waals surface area contributed by atoms with Crippen LogP contribution in [0.1, 0.15) is 44.0 Å². The maximum atomic E-state index is 13.1. The molecular formula is C21H27N3O4. The van der Waals surface area contributed by atoms with Crippen LogP contribution in [-0.2, 0) is 16.1 Å². The lowest BCUT2D eigenvalue weighted by atomic mass is 9.86. The predicted octanol–water partition coefficient (Wildman–Crippen LogP) is 0.918. The van der Waals surface area contributed by atoms with E-state index in [1.807, 2.05) is 30.9 Å². The number of nitrogens with zero attached hydrogens (tertiary/aromatic N) is 2. The number of aliphatic hydroxyl groups is 1. The number of rotatable bonds is 5. The molecule has 1 aromatic heterocycles. The Morgan fingerprint density at radius 2 is 2.07 bits per heavy atom. The van der Waals surface area contributed by atoms with Crippen molar-refractivity contribution in [2.75, 3.05) is 13.2 Å². The molecule has 3 aliphatic rings. The molecule has 2 N–H and O–H groups in total. The first-order chi connectivity index (χ1) is 13.5. The Hall–Kier alpha value is -2.41. The molecule has 0 aromatic carbocycles. The zero-order valence-electron chi connectivity index (χ0n) is 16.3. The van der Waals surface area contributed by atoms with Crippen molar-refractivity contribution in [3.05, 3.63) is 39.8 Å². The van der Waals surface area contributed by atoms with Crippen LogP contribution in [0.15, 0.2) is 23.0 Å². The highest BCUT2D eigenvalue weighted by Gasteiger charge is 2.58. The van der Waals surface area contributed by atoms with Crippen LogP contribution in [0.4, 0.5) is 0 Å². The van der Waals surface area contributed by atoms with E-state index in [0.29, 0.717) is 24.3 Å². The second-order valence-electron chi connectivity index (χ2n) is 7.93. The molecule has 150 valence electrons. The second-order valence-corrected chi connectivity index (χ2v) is 7.93. The standard InChI is InChI=1S/C21H27N3O4/c1-3-5-12-8-9-15-18-17(19(26)22-4-2)14(11-25)16(10-23(15)20(12)27)24(18)21(28)13-6-7-13/h3,5,8-9,13-14,16-18,25H,4,6-7,10-11H2,1-2H3,(H,22,26)/b5-3+/t14-,16-,17+,18+/m1/s1. The van der Waals surface area contributed by atoms with E-state index >= 15 is 0 Å². The minimum absolute atomic E-state index is 0.0119. The molecule has 2 fully saturated rings. The molecule has 7 heteroatoms. The van der Waals surface area contributed by atoms with Gasteiger partial charge in [0.2, 0.25) is 11.8 Å². The molecule has 2 amide bonds. The largest absolute Gasteiger partial charge is 0.396 e. The third-order valence-corrected chi connectivity index (χ3v) is 6.25. The molecule has 1 aliphatic carbocycles. The van der Waals surface area contributed by atoms with Crippen molar-refractivity contribution in [1.29, 1.82) is 0 Å². The molecule has 4 rings (SSSR count). The fourth-order valence-electron chi connectivity index (χ4n) is 4.87. The van der Waals surface area contributed by atoms with Gasteiger partial charge in [-0.15, -0.1) is 0 Å². The van der Waals surface area contributed by atoms with Gasteiger partial charge in [-0.05, 0) is 38.8 Å². The highest BCUT2D eigenvalue weighted by Crippen LogP contribution is 2.50. The Morgan fingerprint density at radius 3 is 2.68 bits per heavy atom. The molecule has 0 unspecified atom stereocenters. The van der Waals surface area contributed by atoms with E-state index in [1.54, 1.807) is 16.7 Å². The first-order valence-electron chi connectivity index (χ1n) is 10.1. The molecule has 4 atom stereocenters. The molecule has 7 nitrogen and oxygen atoms in total. The molecule has 1 saturated heterocycles. The molecule has 2 aliphatic heterocycles. The fourth-order valence-corrected chi connectivity index (χ4v) is 4.87. The van der Waals surface area contributed by atoms with Crippen molar-refractivity contribution in [2.24, 2.45) is 17.8 Å². The van der Waals surface area contributed by atoms with Crippen LogP contribution in [0, 0.1) is 17.8 Å². The van der Waals surface area contributed by atoms with Crippen molar-refractivity contribution >= 4 is 17.9 Å². The van der Waals surface area contributed by atoms with Gasteiger partial charge in [0.05, 0.1) is 18.0 Å². The Bertz CT molecular complexity index is 886. The van der Waals surface area contributed by atoms with Crippen LogP contribution in [-0.4, -0.2) is 45.6 Å². The van der Waals surface area contributed by atoms with Crippen molar-refractivity contribution in [3.8, 4) is 0 Å². The molecular weight excluding hydrogens is 358 g/mol. The van der Waals surface area contributed by atoms with Crippen LogP contribution in [0.2, 0.25) is 0 Å². The van der Waals surface area contributed by atoms with Gasteiger partial charge in [0.25, 0.3) is 5.56 Å².